The van der Waals surface area contributed by atoms with Crippen molar-refractivity contribution in [2.24, 2.45) is 5.92 Å². The van der Waals surface area contributed by atoms with E-state index in [1.165, 1.54) is 12.1 Å². The minimum absolute atomic E-state index is 0.114. The first-order valence-electron chi connectivity index (χ1n) is 5.40. The Kier molecular flexibility index (Phi) is 3.96. The molecule has 0 saturated heterocycles. The van der Waals surface area contributed by atoms with Crippen molar-refractivity contribution in [3.05, 3.63) is 16.5 Å². The van der Waals surface area contributed by atoms with E-state index in [2.05, 4.69) is 4.72 Å². The van der Waals surface area contributed by atoms with Crippen LogP contribution >= 0.6 is 22.9 Å². The van der Waals surface area contributed by atoms with E-state index in [9.17, 15) is 13.2 Å². The minimum atomic E-state index is -3.67. The smallest absolute Gasteiger partial charge is 0.308 e. The van der Waals surface area contributed by atoms with Gasteiger partial charge in [-0.15, -0.1) is 11.3 Å². The Morgan fingerprint density at radius 2 is 2.17 bits per heavy atom. The van der Waals surface area contributed by atoms with Crippen molar-refractivity contribution >= 4 is 38.9 Å². The van der Waals surface area contributed by atoms with Crippen LogP contribution in [0.15, 0.2) is 16.3 Å². The summed E-state index contributed by atoms with van der Waals surface area (Å²) in [6.07, 6.45) is 1.78. The highest BCUT2D eigenvalue weighted by Crippen LogP contribution is 2.30. The van der Waals surface area contributed by atoms with Gasteiger partial charge in [-0.2, -0.15) is 0 Å². The van der Waals surface area contributed by atoms with Gasteiger partial charge in [0.2, 0.25) is 10.0 Å². The van der Waals surface area contributed by atoms with Crippen molar-refractivity contribution in [2.75, 3.05) is 0 Å². The van der Waals surface area contributed by atoms with E-state index in [0.29, 0.717) is 17.2 Å². The first kappa shape index (κ1) is 13.8. The molecule has 2 unspecified atom stereocenters. The van der Waals surface area contributed by atoms with Crippen LogP contribution in [-0.2, 0) is 14.8 Å². The number of carboxylic acids is 1. The van der Waals surface area contributed by atoms with Crippen LogP contribution in [0.1, 0.15) is 19.3 Å². The van der Waals surface area contributed by atoms with Crippen LogP contribution in [0, 0.1) is 5.92 Å². The van der Waals surface area contributed by atoms with Crippen molar-refractivity contribution in [1.29, 1.82) is 0 Å². The van der Waals surface area contributed by atoms with Gasteiger partial charge in [-0.1, -0.05) is 18.0 Å². The number of carboxylic acid groups (broad SMARTS) is 1. The van der Waals surface area contributed by atoms with Crippen LogP contribution in [0.2, 0.25) is 4.34 Å². The SMILES string of the molecule is O=C(O)C1CCCC1NS(=O)(=O)c1ccc(Cl)s1. The highest BCUT2D eigenvalue weighted by Gasteiger charge is 2.36. The summed E-state index contributed by atoms with van der Waals surface area (Å²) < 4.78 is 27.0. The number of aliphatic carboxylic acids is 1. The number of carbonyl (C=O) groups is 1. The molecule has 2 rings (SSSR count). The molecule has 8 heteroatoms. The molecule has 2 N–H and O–H groups in total. The zero-order valence-corrected chi connectivity index (χ0v) is 11.7. The largest absolute Gasteiger partial charge is 0.481 e. The zero-order valence-electron chi connectivity index (χ0n) is 9.30. The van der Waals surface area contributed by atoms with Crippen molar-refractivity contribution in [3.8, 4) is 0 Å². The Morgan fingerprint density at radius 1 is 1.44 bits per heavy atom. The summed E-state index contributed by atoms with van der Waals surface area (Å²) >= 11 is 6.65. The molecular formula is C10H12ClNO4S2. The molecular weight excluding hydrogens is 298 g/mol. The van der Waals surface area contributed by atoms with E-state index < -0.39 is 28.0 Å². The average molecular weight is 310 g/mol. The summed E-state index contributed by atoms with van der Waals surface area (Å²) in [6.45, 7) is 0. The molecule has 1 aromatic heterocycles. The Labute approximate surface area is 114 Å². The predicted octanol–water partition coefficient (Wildman–Crippen LogP) is 1.93. The molecule has 1 aliphatic carbocycles. The molecule has 0 spiro atoms. The van der Waals surface area contributed by atoms with Gasteiger partial charge in [0.05, 0.1) is 10.3 Å². The highest BCUT2D eigenvalue weighted by atomic mass is 35.5. The summed E-state index contributed by atoms with van der Waals surface area (Å²) in [6, 6.07) is 2.39. The molecule has 1 fully saturated rings. The fourth-order valence-corrected chi connectivity index (χ4v) is 4.91. The molecule has 0 bridgehead atoms. The Balaban J connectivity index is 2.16. The number of hydrogen-bond acceptors (Lipinski definition) is 4. The zero-order chi connectivity index (χ0) is 13.3. The fraction of sp³-hybridized carbons (Fsp3) is 0.500. The van der Waals surface area contributed by atoms with Crippen molar-refractivity contribution in [1.82, 2.24) is 4.72 Å². The summed E-state index contributed by atoms with van der Waals surface area (Å²) in [5, 5.41) is 9.00. The van der Waals surface area contributed by atoms with Crippen LogP contribution in [0.4, 0.5) is 0 Å². The topological polar surface area (TPSA) is 83.5 Å². The van der Waals surface area contributed by atoms with Gasteiger partial charge in [0.15, 0.2) is 0 Å². The lowest BCUT2D eigenvalue weighted by Gasteiger charge is -2.16. The molecule has 1 heterocycles. The standard InChI is InChI=1S/C10H12ClNO4S2/c11-8-4-5-9(17-8)18(15,16)12-7-3-1-2-6(7)10(13)14/h4-7,12H,1-3H2,(H,13,14). The third-order valence-corrected chi connectivity index (χ3v) is 6.17. The fourth-order valence-electron chi connectivity index (χ4n) is 2.10. The van der Waals surface area contributed by atoms with Gasteiger partial charge in [-0.3, -0.25) is 4.79 Å². The van der Waals surface area contributed by atoms with Crippen LogP contribution in [-0.4, -0.2) is 25.5 Å². The molecule has 0 amide bonds. The lowest BCUT2D eigenvalue weighted by atomic mass is 10.1. The summed E-state index contributed by atoms with van der Waals surface area (Å²) in [4.78, 5) is 11.0. The molecule has 5 nitrogen and oxygen atoms in total. The van der Waals surface area contributed by atoms with Crippen LogP contribution in [0.3, 0.4) is 0 Å². The van der Waals surface area contributed by atoms with Gasteiger partial charge >= 0.3 is 5.97 Å². The molecule has 1 aliphatic rings. The summed E-state index contributed by atoms with van der Waals surface area (Å²) in [5.74, 6) is -1.60. The van der Waals surface area contributed by atoms with Crippen molar-refractivity contribution in [2.45, 2.75) is 29.5 Å². The van der Waals surface area contributed by atoms with Crippen LogP contribution in [0.5, 0.6) is 0 Å². The minimum Gasteiger partial charge on any atom is -0.481 e. The highest BCUT2D eigenvalue weighted by molar-refractivity contribution is 7.91. The third-order valence-electron chi connectivity index (χ3n) is 2.95. The second kappa shape index (κ2) is 5.16. The van der Waals surface area contributed by atoms with Gasteiger partial charge < -0.3 is 5.11 Å². The van der Waals surface area contributed by atoms with E-state index in [-0.39, 0.29) is 4.21 Å². The maximum Gasteiger partial charge on any atom is 0.308 e. The van der Waals surface area contributed by atoms with Gasteiger partial charge in [-0.25, -0.2) is 13.1 Å². The monoisotopic (exact) mass is 309 g/mol. The number of hydrogen-bond donors (Lipinski definition) is 2. The van der Waals surface area contributed by atoms with E-state index in [1.807, 2.05) is 0 Å². The first-order valence-corrected chi connectivity index (χ1v) is 8.08. The van der Waals surface area contributed by atoms with E-state index >= 15 is 0 Å². The lowest BCUT2D eigenvalue weighted by molar-refractivity contribution is -0.141. The molecule has 100 valence electrons. The van der Waals surface area contributed by atoms with Crippen LogP contribution in [0.25, 0.3) is 0 Å². The third kappa shape index (κ3) is 2.85. The normalized spacial score (nSPS) is 24.3. The molecule has 0 aromatic carbocycles. The number of halogens is 1. The van der Waals surface area contributed by atoms with Gasteiger partial charge in [0.25, 0.3) is 0 Å². The maximum atomic E-state index is 12.0. The molecule has 1 aromatic rings. The predicted molar refractivity (Wildman–Crippen MR) is 68.4 cm³/mol. The van der Waals surface area contributed by atoms with Gasteiger partial charge in [0.1, 0.15) is 4.21 Å². The number of thiophene rings is 1. The second-order valence-electron chi connectivity index (χ2n) is 4.16. The van der Waals surface area contributed by atoms with E-state index in [4.69, 9.17) is 16.7 Å². The molecule has 0 radical (unpaired) electrons. The summed E-state index contributed by atoms with van der Waals surface area (Å²) in [7, 11) is -3.67. The quantitative estimate of drug-likeness (QED) is 0.890. The molecule has 0 aliphatic heterocycles. The van der Waals surface area contributed by atoms with E-state index in [0.717, 1.165) is 17.8 Å². The average Bonchev–Trinajstić information content (AvgIpc) is 2.86. The van der Waals surface area contributed by atoms with Crippen LogP contribution < -0.4 is 4.72 Å². The van der Waals surface area contributed by atoms with Crippen molar-refractivity contribution in [3.63, 3.8) is 0 Å². The first-order chi connectivity index (χ1) is 8.40. The summed E-state index contributed by atoms with van der Waals surface area (Å²) in [5.41, 5.74) is 0. The Bertz CT molecular complexity index is 554. The second-order valence-corrected chi connectivity index (χ2v) is 7.82. The Hall–Kier alpha value is -0.630. The van der Waals surface area contributed by atoms with E-state index in [1.54, 1.807) is 0 Å². The maximum absolute atomic E-state index is 12.0. The molecule has 2 atom stereocenters. The van der Waals surface area contributed by atoms with Crippen molar-refractivity contribution < 1.29 is 18.3 Å². The molecule has 1 saturated carbocycles. The Morgan fingerprint density at radius 3 is 2.72 bits per heavy atom. The molecule has 18 heavy (non-hydrogen) atoms. The van der Waals surface area contributed by atoms with Gasteiger partial charge in [0, 0.05) is 6.04 Å². The van der Waals surface area contributed by atoms with Gasteiger partial charge in [-0.05, 0) is 25.0 Å². The number of sulfonamides is 1. The lowest BCUT2D eigenvalue weighted by Crippen LogP contribution is -2.39. The number of nitrogens with one attached hydrogen (secondary N) is 1. The number of rotatable bonds is 4.